The number of hydrogen-bond acceptors (Lipinski definition) is 6. The van der Waals surface area contributed by atoms with Crippen molar-refractivity contribution in [3.8, 4) is 11.5 Å². The van der Waals surface area contributed by atoms with Crippen LogP contribution in [0.15, 0.2) is 18.2 Å². The number of nitrogens with zero attached hydrogens (tertiary/aromatic N) is 2. The third-order valence-electron chi connectivity index (χ3n) is 6.16. The maximum Gasteiger partial charge on any atom is 0.237 e. The molecule has 1 aromatic rings. The second-order valence-electron chi connectivity index (χ2n) is 7.74. The molecule has 28 heavy (non-hydrogen) atoms. The summed E-state index contributed by atoms with van der Waals surface area (Å²) in [6.07, 6.45) is 3.60. The van der Waals surface area contributed by atoms with Crippen LogP contribution in [0.25, 0.3) is 0 Å². The Kier molecular flexibility index (Phi) is 5.75. The first-order chi connectivity index (χ1) is 13.6. The number of methoxy groups -OCH3 is 2. The van der Waals surface area contributed by atoms with Gasteiger partial charge in [0.05, 0.1) is 40.0 Å². The highest BCUT2D eigenvalue weighted by molar-refractivity contribution is 5.79. The van der Waals surface area contributed by atoms with Gasteiger partial charge in [-0.15, -0.1) is 0 Å². The average molecular weight is 390 g/mol. The molecule has 3 aliphatic heterocycles. The molecule has 154 valence electrons. The van der Waals surface area contributed by atoms with Crippen molar-refractivity contribution in [3.05, 3.63) is 23.8 Å². The molecule has 0 unspecified atom stereocenters. The second kappa shape index (κ2) is 8.27. The molecule has 1 spiro atoms. The van der Waals surface area contributed by atoms with Gasteiger partial charge in [-0.25, -0.2) is 0 Å². The molecule has 1 aromatic carbocycles. The van der Waals surface area contributed by atoms with E-state index < -0.39 is 5.79 Å². The first-order valence-corrected chi connectivity index (χ1v) is 10.2. The first kappa shape index (κ1) is 19.5. The smallest absolute Gasteiger partial charge is 0.237 e. The van der Waals surface area contributed by atoms with Crippen molar-refractivity contribution in [2.24, 2.45) is 0 Å². The minimum absolute atomic E-state index is 0.0372. The summed E-state index contributed by atoms with van der Waals surface area (Å²) in [5.74, 6) is 1.37. The molecule has 3 fully saturated rings. The van der Waals surface area contributed by atoms with Gasteiger partial charge in [0.1, 0.15) is 11.5 Å². The lowest BCUT2D eigenvalue weighted by Crippen LogP contribution is -2.48. The van der Waals surface area contributed by atoms with Crippen LogP contribution < -0.4 is 9.47 Å². The van der Waals surface area contributed by atoms with E-state index in [1.807, 2.05) is 23.1 Å². The fraction of sp³-hybridized carbons (Fsp3) is 0.667. The Morgan fingerprint density at radius 2 is 1.89 bits per heavy atom. The van der Waals surface area contributed by atoms with Gasteiger partial charge in [0, 0.05) is 38.0 Å². The molecular weight excluding hydrogens is 360 g/mol. The summed E-state index contributed by atoms with van der Waals surface area (Å²) in [5.41, 5.74) is 1.03. The molecule has 3 aliphatic rings. The van der Waals surface area contributed by atoms with Crippen LogP contribution in [0, 0.1) is 0 Å². The van der Waals surface area contributed by atoms with Crippen LogP contribution >= 0.6 is 0 Å². The van der Waals surface area contributed by atoms with Gasteiger partial charge in [-0.1, -0.05) is 0 Å². The topological polar surface area (TPSA) is 60.5 Å². The van der Waals surface area contributed by atoms with Crippen LogP contribution in [-0.4, -0.2) is 75.1 Å². The predicted molar refractivity (Wildman–Crippen MR) is 104 cm³/mol. The standard InChI is InChI=1S/C21H30N2O5/c1-25-16-5-6-19(26-2)17(14-16)18-4-3-9-23(18)20(24)15-22-10-7-21(8-11-22)27-12-13-28-21/h5-6,14,18H,3-4,7-13,15H2,1-2H3/t18-/m0/s1. The number of benzene rings is 1. The van der Waals surface area contributed by atoms with E-state index in [9.17, 15) is 4.79 Å². The van der Waals surface area contributed by atoms with E-state index in [0.717, 1.165) is 62.4 Å². The van der Waals surface area contributed by atoms with Crippen molar-refractivity contribution in [1.82, 2.24) is 9.80 Å². The zero-order valence-corrected chi connectivity index (χ0v) is 16.8. The molecule has 3 heterocycles. The zero-order valence-electron chi connectivity index (χ0n) is 16.8. The summed E-state index contributed by atoms with van der Waals surface area (Å²) >= 11 is 0. The number of ether oxygens (including phenoxy) is 4. The number of rotatable bonds is 5. The Bertz CT molecular complexity index is 694. The summed E-state index contributed by atoms with van der Waals surface area (Å²) in [7, 11) is 3.33. The van der Waals surface area contributed by atoms with E-state index >= 15 is 0 Å². The molecule has 0 aliphatic carbocycles. The fourth-order valence-electron chi connectivity index (χ4n) is 4.61. The van der Waals surface area contributed by atoms with Gasteiger partial charge < -0.3 is 23.8 Å². The highest BCUT2D eigenvalue weighted by Crippen LogP contribution is 2.39. The Hall–Kier alpha value is -1.83. The van der Waals surface area contributed by atoms with Gasteiger partial charge in [-0.3, -0.25) is 9.69 Å². The van der Waals surface area contributed by atoms with E-state index in [-0.39, 0.29) is 11.9 Å². The van der Waals surface area contributed by atoms with Gasteiger partial charge in [0.25, 0.3) is 0 Å². The predicted octanol–water partition coefficient (Wildman–Crippen LogP) is 2.21. The van der Waals surface area contributed by atoms with E-state index in [0.29, 0.717) is 19.8 Å². The molecule has 7 heteroatoms. The summed E-state index contributed by atoms with van der Waals surface area (Å²) in [6, 6.07) is 5.84. The molecule has 1 atom stereocenters. The molecule has 4 rings (SSSR count). The molecule has 0 N–H and O–H groups in total. The van der Waals surface area contributed by atoms with Crippen molar-refractivity contribution >= 4 is 5.91 Å². The Morgan fingerprint density at radius 1 is 1.14 bits per heavy atom. The molecule has 0 aromatic heterocycles. The maximum atomic E-state index is 13.1. The van der Waals surface area contributed by atoms with E-state index in [1.165, 1.54) is 0 Å². The summed E-state index contributed by atoms with van der Waals surface area (Å²) in [5, 5.41) is 0. The number of hydrogen-bond donors (Lipinski definition) is 0. The van der Waals surface area contributed by atoms with Crippen LogP contribution in [0.4, 0.5) is 0 Å². The van der Waals surface area contributed by atoms with E-state index in [1.54, 1.807) is 14.2 Å². The van der Waals surface area contributed by atoms with Crippen LogP contribution in [0.5, 0.6) is 11.5 Å². The van der Waals surface area contributed by atoms with Crippen molar-refractivity contribution in [2.75, 3.05) is 53.6 Å². The second-order valence-corrected chi connectivity index (χ2v) is 7.74. The van der Waals surface area contributed by atoms with E-state index in [2.05, 4.69) is 4.90 Å². The third kappa shape index (κ3) is 3.83. The lowest BCUT2D eigenvalue weighted by molar-refractivity contribution is -0.186. The number of carbonyl (C=O) groups is 1. The Morgan fingerprint density at radius 3 is 2.57 bits per heavy atom. The van der Waals surface area contributed by atoms with Gasteiger partial charge in [0.2, 0.25) is 5.91 Å². The zero-order chi connectivity index (χ0) is 19.6. The van der Waals surface area contributed by atoms with Crippen molar-refractivity contribution in [3.63, 3.8) is 0 Å². The molecule has 0 radical (unpaired) electrons. The molecule has 3 saturated heterocycles. The minimum atomic E-state index is -0.399. The van der Waals surface area contributed by atoms with Crippen LogP contribution in [-0.2, 0) is 14.3 Å². The quantitative estimate of drug-likeness (QED) is 0.768. The van der Waals surface area contributed by atoms with Crippen molar-refractivity contribution < 1.29 is 23.7 Å². The van der Waals surface area contributed by atoms with Crippen LogP contribution in [0.3, 0.4) is 0 Å². The Labute approximate surface area is 166 Å². The number of amides is 1. The number of likely N-dealkylation sites (tertiary alicyclic amines) is 2. The highest BCUT2D eigenvalue weighted by atomic mass is 16.7. The fourth-order valence-corrected chi connectivity index (χ4v) is 4.61. The van der Waals surface area contributed by atoms with Crippen LogP contribution in [0.1, 0.15) is 37.3 Å². The lowest BCUT2D eigenvalue weighted by atomic mass is 10.0. The van der Waals surface area contributed by atoms with Crippen molar-refractivity contribution in [1.29, 1.82) is 0 Å². The Balaban J connectivity index is 1.41. The summed E-state index contributed by atoms with van der Waals surface area (Å²) in [4.78, 5) is 17.3. The molecule has 0 bridgehead atoms. The first-order valence-electron chi connectivity index (χ1n) is 10.2. The number of piperidine rings is 1. The molecule has 0 saturated carbocycles. The summed E-state index contributed by atoms with van der Waals surface area (Å²) in [6.45, 7) is 4.24. The molecular formula is C21H30N2O5. The van der Waals surface area contributed by atoms with Crippen LogP contribution in [0.2, 0.25) is 0 Å². The largest absolute Gasteiger partial charge is 0.497 e. The third-order valence-corrected chi connectivity index (χ3v) is 6.16. The van der Waals surface area contributed by atoms with Gasteiger partial charge in [0.15, 0.2) is 5.79 Å². The number of carbonyl (C=O) groups excluding carboxylic acids is 1. The monoisotopic (exact) mass is 390 g/mol. The average Bonchev–Trinajstić information content (AvgIpc) is 3.39. The van der Waals surface area contributed by atoms with Gasteiger partial charge in [-0.2, -0.15) is 0 Å². The molecule has 7 nitrogen and oxygen atoms in total. The summed E-state index contributed by atoms with van der Waals surface area (Å²) < 4.78 is 22.5. The van der Waals surface area contributed by atoms with Gasteiger partial charge >= 0.3 is 0 Å². The SMILES string of the molecule is COc1ccc(OC)c([C@@H]2CCCN2C(=O)CN2CCC3(CC2)OCCO3)c1. The minimum Gasteiger partial charge on any atom is -0.497 e. The lowest BCUT2D eigenvalue weighted by Gasteiger charge is -2.38. The molecule has 1 amide bonds. The highest BCUT2D eigenvalue weighted by Gasteiger charge is 2.41. The van der Waals surface area contributed by atoms with Gasteiger partial charge in [-0.05, 0) is 31.0 Å². The maximum absolute atomic E-state index is 13.1. The van der Waals surface area contributed by atoms with E-state index in [4.69, 9.17) is 18.9 Å². The van der Waals surface area contributed by atoms with Crippen molar-refractivity contribution in [2.45, 2.75) is 37.5 Å². The normalized spacial score (nSPS) is 24.6.